The van der Waals surface area contributed by atoms with Crippen LogP contribution in [0.4, 0.5) is 0 Å². The molecule has 92 valence electrons. The van der Waals surface area contributed by atoms with Crippen LogP contribution in [-0.2, 0) is 4.79 Å². The monoisotopic (exact) mass is 256 g/mol. The highest BCUT2D eigenvalue weighted by Gasteiger charge is 2.27. The van der Waals surface area contributed by atoms with E-state index in [2.05, 4.69) is 10.3 Å². The van der Waals surface area contributed by atoms with Crippen LogP contribution in [0.1, 0.15) is 24.2 Å². The molecule has 0 spiro atoms. The minimum absolute atomic E-state index is 0.0428. The van der Waals surface area contributed by atoms with Crippen molar-refractivity contribution in [2.24, 2.45) is 5.41 Å². The zero-order valence-electron chi connectivity index (χ0n) is 9.53. The van der Waals surface area contributed by atoms with Crippen LogP contribution in [0, 0.1) is 5.41 Å². The Labute approximate surface area is 104 Å². The number of hydrogen-bond acceptors (Lipinski definition) is 3. The van der Waals surface area contributed by atoms with Crippen molar-refractivity contribution in [3.63, 3.8) is 0 Å². The molecule has 0 bridgehead atoms. The lowest BCUT2D eigenvalue weighted by Crippen LogP contribution is -2.38. The molecule has 1 heterocycles. The molecule has 0 saturated carbocycles. The van der Waals surface area contributed by atoms with Crippen molar-refractivity contribution in [1.29, 1.82) is 0 Å². The number of amides is 1. The highest BCUT2D eigenvalue weighted by atomic mass is 35.5. The van der Waals surface area contributed by atoms with Crippen molar-refractivity contribution in [3.8, 4) is 0 Å². The van der Waals surface area contributed by atoms with Crippen LogP contribution in [0.2, 0.25) is 5.15 Å². The molecule has 1 aromatic heterocycles. The zero-order valence-corrected chi connectivity index (χ0v) is 10.3. The van der Waals surface area contributed by atoms with Crippen LogP contribution in [0.25, 0.3) is 0 Å². The first-order chi connectivity index (χ1) is 7.83. The smallest absolute Gasteiger partial charge is 0.310 e. The van der Waals surface area contributed by atoms with Crippen molar-refractivity contribution in [3.05, 3.63) is 29.0 Å². The van der Waals surface area contributed by atoms with E-state index in [9.17, 15) is 9.59 Å². The molecule has 0 aliphatic heterocycles. The molecule has 0 aliphatic rings. The third-order valence-electron chi connectivity index (χ3n) is 2.26. The van der Waals surface area contributed by atoms with Crippen LogP contribution >= 0.6 is 11.6 Å². The van der Waals surface area contributed by atoms with Crippen LogP contribution in [-0.4, -0.2) is 28.5 Å². The van der Waals surface area contributed by atoms with E-state index in [1.165, 1.54) is 32.2 Å². The third kappa shape index (κ3) is 3.71. The number of rotatable bonds is 4. The van der Waals surface area contributed by atoms with Crippen LogP contribution in [0.15, 0.2) is 18.3 Å². The second-order valence-electron chi connectivity index (χ2n) is 4.24. The maximum Gasteiger partial charge on any atom is 0.310 e. The summed E-state index contributed by atoms with van der Waals surface area (Å²) in [6.07, 6.45) is 1.42. The van der Waals surface area contributed by atoms with Gasteiger partial charge in [-0.2, -0.15) is 0 Å². The van der Waals surface area contributed by atoms with Gasteiger partial charge in [-0.05, 0) is 26.0 Å². The number of carbonyl (C=O) groups excluding carboxylic acids is 1. The van der Waals surface area contributed by atoms with Gasteiger partial charge in [-0.1, -0.05) is 11.6 Å². The van der Waals surface area contributed by atoms with Crippen molar-refractivity contribution in [1.82, 2.24) is 10.3 Å². The van der Waals surface area contributed by atoms with Gasteiger partial charge in [0.25, 0.3) is 5.91 Å². The minimum atomic E-state index is -1.01. The summed E-state index contributed by atoms with van der Waals surface area (Å²) in [6, 6.07) is 2.93. The Kier molecular flexibility index (Phi) is 4.07. The molecule has 0 radical (unpaired) electrons. The summed E-state index contributed by atoms with van der Waals surface area (Å²) in [6.45, 7) is 3.12. The summed E-state index contributed by atoms with van der Waals surface area (Å²) in [4.78, 5) is 26.3. The van der Waals surface area contributed by atoms with Gasteiger partial charge in [0.1, 0.15) is 5.15 Å². The molecule has 1 rings (SSSR count). The van der Waals surface area contributed by atoms with Gasteiger partial charge < -0.3 is 10.4 Å². The summed E-state index contributed by atoms with van der Waals surface area (Å²) in [7, 11) is 0. The third-order valence-corrected chi connectivity index (χ3v) is 2.47. The summed E-state index contributed by atoms with van der Waals surface area (Å²) in [5, 5.41) is 11.6. The number of carbonyl (C=O) groups is 2. The average molecular weight is 257 g/mol. The quantitative estimate of drug-likeness (QED) is 0.802. The van der Waals surface area contributed by atoms with Crippen molar-refractivity contribution < 1.29 is 14.7 Å². The molecule has 0 aromatic carbocycles. The Morgan fingerprint density at radius 3 is 2.71 bits per heavy atom. The van der Waals surface area contributed by atoms with E-state index in [1.54, 1.807) is 0 Å². The highest BCUT2D eigenvalue weighted by molar-refractivity contribution is 6.29. The van der Waals surface area contributed by atoms with Gasteiger partial charge in [0.05, 0.1) is 5.41 Å². The van der Waals surface area contributed by atoms with E-state index in [-0.39, 0.29) is 17.6 Å². The van der Waals surface area contributed by atoms with Gasteiger partial charge in [-0.25, -0.2) is 4.98 Å². The molecule has 0 saturated heterocycles. The normalized spacial score (nSPS) is 11.0. The molecule has 0 fully saturated rings. The van der Waals surface area contributed by atoms with Gasteiger partial charge in [0, 0.05) is 18.3 Å². The Morgan fingerprint density at radius 1 is 1.53 bits per heavy atom. The van der Waals surface area contributed by atoms with Gasteiger partial charge in [-0.15, -0.1) is 0 Å². The van der Waals surface area contributed by atoms with Crippen LogP contribution < -0.4 is 5.32 Å². The number of pyridine rings is 1. The van der Waals surface area contributed by atoms with E-state index in [0.29, 0.717) is 5.56 Å². The molecule has 0 atom stereocenters. The molecule has 5 nitrogen and oxygen atoms in total. The molecular weight excluding hydrogens is 244 g/mol. The number of carboxylic acids is 1. The fourth-order valence-electron chi connectivity index (χ4n) is 1.02. The predicted molar refractivity (Wildman–Crippen MR) is 63.0 cm³/mol. The second kappa shape index (κ2) is 5.14. The van der Waals surface area contributed by atoms with Crippen molar-refractivity contribution in [2.75, 3.05) is 6.54 Å². The summed E-state index contributed by atoms with van der Waals surface area (Å²) >= 11 is 5.64. The largest absolute Gasteiger partial charge is 0.481 e. The Bertz CT molecular complexity index is 446. The fraction of sp³-hybridized carbons (Fsp3) is 0.364. The average Bonchev–Trinajstić information content (AvgIpc) is 2.25. The van der Waals surface area contributed by atoms with Gasteiger partial charge in [0.15, 0.2) is 0 Å². The van der Waals surface area contributed by atoms with E-state index in [0.717, 1.165) is 0 Å². The number of nitrogens with one attached hydrogen (secondary N) is 1. The predicted octanol–water partition coefficient (Wildman–Crippen LogP) is 1.58. The number of carboxylic acid groups (broad SMARTS) is 1. The number of aromatic nitrogens is 1. The topological polar surface area (TPSA) is 79.3 Å². The number of hydrogen-bond donors (Lipinski definition) is 2. The molecular formula is C11H13ClN2O3. The van der Waals surface area contributed by atoms with Crippen LogP contribution in [0.5, 0.6) is 0 Å². The lowest BCUT2D eigenvalue weighted by atomic mass is 9.94. The fourth-order valence-corrected chi connectivity index (χ4v) is 1.20. The molecule has 0 unspecified atom stereocenters. The molecule has 1 aromatic rings. The molecule has 6 heteroatoms. The van der Waals surface area contributed by atoms with E-state index >= 15 is 0 Å². The number of halogens is 1. The first-order valence-electron chi connectivity index (χ1n) is 4.96. The molecule has 1 amide bonds. The Hall–Kier alpha value is -1.62. The molecule has 17 heavy (non-hydrogen) atoms. The second-order valence-corrected chi connectivity index (χ2v) is 4.63. The van der Waals surface area contributed by atoms with Crippen LogP contribution in [0.3, 0.4) is 0 Å². The lowest BCUT2D eigenvalue weighted by molar-refractivity contribution is -0.146. The van der Waals surface area contributed by atoms with E-state index < -0.39 is 11.4 Å². The van der Waals surface area contributed by atoms with Gasteiger partial charge in [-0.3, -0.25) is 9.59 Å². The summed E-state index contributed by atoms with van der Waals surface area (Å²) in [5.74, 6) is -1.34. The first kappa shape index (κ1) is 13.4. The van der Waals surface area contributed by atoms with E-state index in [4.69, 9.17) is 16.7 Å². The van der Waals surface area contributed by atoms with Crippen molar-refractivity contribution in [2.45, 2.75) is 13.8 Å². The lowest BCUT2D eigenvalue weighted by Gasteiger charge is -2.19. The maximum absolute atomic E-state index is 11.7. The number of nitrogens with zero attached hydrogens (tertiary/aromatic N) is 1. The minimum Gasteiger partial charge on any atom is -0.481 e. The molecule has 0 aliphatic carbocycles. The highest BCUT2D eigenvalue weighted by Crippen LogP contribution is 2.14. The van der Waals surface area contributed by atoms with Gasteiger partial charge in [0.2, 0.25) is 0 Å². The summed E-state index contributed by atoms with van der Waals surface area (Å²) in [5.41, 5.74) is -0.655. The maximum atomic E-state index is 11.7. The Balaban J connectivity index is 2.65. The standard InChI is InChI=1S/C11H13ClN2O3/c1-11(2,10(16)17)6-14-9(15)7-3-4-13-8(12)5-7/h3-5H,6H2,1-2H3,(H,14,15)(H,16,17). The van der Waals surface area contributed by atoms with E-state index in [1.807, 2.05) is 0 Å². The zero-order chi connectivity index (χ0) is 13.1. The Morgan fingerprint density at radius 2 is 2.18 bits per heavy atom. The first-order valence-corrected chi connectivity index (χ1v) is 5.34. The SMILES string of the molecule is CC(C)(CNC(=O)c1ccnc(Cl)c1)C(=O)O. The number of aliphatic carboxylic acids is 1. The van der Waals surface area contributed by atoms with Gasteiger partial charge >= 0.3 is 5.97 Å². The summed E-state index contributed by atoms with van der Waals surface area (Å²) < 4.78 is 0. The van der Waals surface area contributed by atoms with Crippen molar-refractivity contribution >= 4 is 23.5 Å². The molecule has 2 N–H and O–H groups in total.